The average molecular weight is 250 g/mol. The summed E-state index contributed by atoms with van der Waals surface area (Å²) in [5.41, 5.74) is 1.27. The second-order valence-corrected chi connectivity index (χ2v) is 5.06. The van der Waals surface area contributed by atoms with E-state index < -0.39 is 0 Å². The van der Waals surface area contributed by atoms with Gasteiger partial charge in [0.15, 0.2) is 0 Å². The highest BCUT2D eigenvalue weighted by atomic mass is 16.5. The van der Waals surface area contributed by atoms with Crippen LogP contribution in [0.25, 0.3) is 0 Å². The molecule has 100 valence electrons. The molecule has 0 radical (unpaired) electrons. The van der Waals surface area contributed by atoms with Gasteiger partial charge in [-0.05, 0) is 37.8 Å². The van der Waals surface area contributed by atoms with Gasteiger partial charge in [-0.25, -0.2) is 0 Å². The van der Waals surface area contributed by atoms with Crippen LogP contribution in [0.2, 0.25) is 0 Å². The molecule has 2 N–H and O–H groups in total. The van der Waals surface area contributed by atoms with Crippen molar-refractivity contribution in [1.29, 1.82) is 0 Å². The molecule has 0 heterocycles. The van der Waals surface area contributed by atoms with E-state index >= 15 is 0 Å². The van der Waals surface area contributed by atoms with Crippen LogP contribution in [0.1, 0.15) is 37.7 Å². The van der Waals surface area contributed by atoms with Gasteiger partial charge in [-0.1, -0.05) is 6.42 Å². The van der Waals surface area contributed by atoms with Gasteiger partial charge in [-0.15, -0.1) is 0 Å². The number of rotatable bonds is 5. The summed E-state index contributed by atoms with van der Waals surface area (Å²) in [7, 11) is 3.40. The standard InChI is InChI=1S/C15H23NO2/c1-17-14-8-12(9-15(10-14)18-2)11-16-13-6-4-3-5-7-13/h8-10,13,16H,3-7,11H2,1-2H3/p+1. The largest absolute Gasteiger partial charge is 0.497 e. The quantitative estimate of drug-likeness (QED) is 0.868. The molecule has 0 aromatic heterocycles. The van der Waals surface area contributed by atoms with E-state index in [1.54, 1.807) is 14.2 Å². The smallest absolute Gasteiger partial charge is 0.123 e. The van der Waals surface area contributed by atoms with Crippen LogP contribution in [0.5, 0.6) is 11.5 Å². The van der Waals surface area contributed by atoms with E-state index in [4.69, 9.17) is 9.47 Å². The Kier molecular flexibility index (Phi) is 4.88. The minimum atomic E-state index is 0.802. The number of hydrogen-bond donors (Lipinski definition) is 1. The van der Waals surface area contributed by atoms with Gasteiger partial charge in [0.05, 0.1) is 20.3 Å². The first kappa shape index (κ1) is 13.2. The monoisotopic (exact) mass is 250 g/mol. The van der Waals surface area contributed by atoms with E-state index in [2.05, 4.69) is 17.4 Å². The fourth-order valence-corrected chi connectivity index (χ4v) is 2.66. The van der Waals surface area contributed by atoms with E-state index in [9.17, 15) is 0 Å². The van der Waals surface area contributed by atoms with Crippen LogP contribution in [0.3, 0.4) is 0 Å². The van der Waals surface area contributed by atoms with E-state index in [0.29, 0.717) is 0 Å². The zero-order valence-electron chi connectivity index (χ0n) is 11.4. The first-order valence-electron chi connectivity index (χ1n) is 6.87. The number of hydrogen-bond acceptors (Lipinski definition) is 2. The van der Waals surface area contributed by atoms with Crippen molar-refractivity contribution in [2.24, 2.45) is 0 Å². The minimum absolute atomic E-state index is 0.802. The van der Waals surface area contributed by atoms with Gasteiger partial charge in [0.25, 0.3) is 0 Å². The third-order valence-electron chi connectivity index (χ3n) is 3.75. The molecule has 1 aliphatic rings. The van der Waals surface area contributed by atoms with Crippen molar-refractivity contribution in [2.75, 3.05) is 14.2 Å². The molecule has 0 atom stereocenters. The number of methoxy groups -OCH3 is 2. The van der Waals surface area contributed by atoms with Gasteiger partial charge in [0.1, 0.15) is 18.0 Å². The zero-order chi connectivity index (χ0) is 12.8. The molecule has 2 rings (SSSR count). The summed E-state index contributed by atoms with van der Waals surface area (Å²) in [6.45, 7) is 1.01. The SMILES string of the molecule is COc1cc(C[NH2+]C2CCCCC2)cc(OC)c1. The van der Waals surface area contributed by atoms with Crippen LogP contribution in [-0.2, 0) is 6.54 Å². The lowest BCUT2D eigenvalue weighted by molar-refractivity contribution is -0.706. The minimum Gasteiger partial charge on any atom is -0.497 e. The van der Waals surface area contributed by atoms with Gasteiger partial charge in [0, 0.05) is 11.6 Å². The van der Waals surface area contributed by atoms with Crippen molar-refractivity contribution in [3.05, 3.63) is 23.8 Å². The maximum Gasteiger partial charge on any atom is 0.123 e. The molecule has 3 nitrogen and oxygen atoms in total. The molecule has 1 aromatic rings. The summed E-state index contributed by atoms with van der Waals surface area (Å²) in [6.07, 6.45) is 6.92. The molecule has 1 aromatic carbocycles. The highest BCUT2D eigenvalue weighted by Crippen LogP contribution is 2.22. The Hall–Kier alpha value is -1.22. The lowest BCUT2D eigenvalue weighted by atomic mass is 9.95. The average Bonchev–Trinajstić information content (AvgIpc) is 2.45. The van der Waals surface area contributed by atoms with Crippen LogP contribution >= 0.6 is 0 Å². The third-order valence-corrected chi connectivity index (χ3v) is 3.75. The van der Waals surface area contributed by atoms with Gasteiger partial charge in [-0.2, -0.15) is 0 Å². The normalized spacial score (nSPS) is 16.6. The van der Waals surface area contributed by atoms with Gasteiger partial charge >= 0.3 is 0 Å². The maximum atomic E-state index is 5.30. The van der Waals surface area contributed by atoms with Crippen LogP contribution in [0.15, 0.2) is 18.2 Å². The van der Waals surface area contributed by atoms with Crippen molar-refractivity contribution in [2.45, 2.75) is 44.7 Å². The number of benzene rings is 1. The molecule has 1 aliphatic carbocycles. The Labute approximate surface area is 109 Å². The Morgan fingerprint density at radius 2 is 1.61 bits per heavy atom. The topological polar surface area (TPSA) is 35.1 Å². The van der Waals surface area contributed by atoms with Crippen LogP contribution < -0.4 is 14.8 Å². The van der Waals surface area contributed by atoms with Gasteiger partial charge < -0.3 is 14.8 Å². The molecule has 0 aliphatic heterocycles. The van der Waals surface area contributed by atoms with Gasteiger partial charge in [-0.3, -0.25) is 0 Å². The number of ether oxygens (including phenoxy) is 2. The summed E-state index contributed by atoms with van der Waals surface area (Å²) in [4.78, 5) is 0. The van der Waals surface area contributed by atoms with E-state index in [-0.39, 0.29) is 0 Å². The summed E-state index contributed by atoms with van der Waals surface area (Å²) in [5, 5.41) is 2.47. The molecule has 0 saturated heterocycles. The number of nitrogens with two attached hydrogens (primary N) is 1. The molecular weight excluding hydrogens is 226 g/mol. The molecular formula is C15H24NO2+. The van der Waals surface area contributed by atoms with Crippen LogP contribution in [0, 0.1) is 0 Å². The van der Waals surface area contributed by atoms with Gasteiger partial charge in [0.2, 0.25) is 0 Å². The number of quaternary nitrogens is 1. The second kappa shape index (κ2) is 6.64. The van der Waals surface area contributed by atoms with Crippen molar-refractivity contribution >= 4 is 0 Å². The molecule has 0 bridgehead atoms. The maximum absolute atomic E-state index is 5.30. The van der Waals surface area contributed by atoms with Crippen LogP contribution in [0.4, 0.5) is 0 Å². The fourth-order valence-electron chi connectivity index (χ4n) is 2.66. The predicted molar refractivity (Wildman–Crippen MR) is 72.0 cm³/mol. The molecule has 0 amide bonds. The second-order valence-electron chi connectivity index (χ2n) is 5.06. The fraction of sp³-hybridized carbons (Fsp3) is 0.600. The van der Waals surface area contributed by atoms with E-state index in [1.807, 2.05) is 6.07 Å². The lowest BCUT2D eigenvalue weighted by Gasteiger charge is -2.20. The first-order valence-corrected chi connectivity index (χ1v) is 6.87. The molecule has 0 unspecified atom stereocenters. The predicted octanol–water partition coefficient (Wildman–Crippen LogP) is 2.10. The molecule has 1 saturated carbocycles. The molecule has 3 heteroatoms. The van der Waals surface area contributed by atoms with Crippen molar-refractivity contribution in [1.82, 2.24) is 0 Å². The summed E-state index contributed by atoms with van der Waals surface area (Å²) in [6, 6.07) is 6.92. The highest BCUT2D eigenvalue weighted by Gasteiger charge is 2.16. The van der Waals surface area contributed by atoms with Crippen molar-refractivity contribution in [3.8, 4) is 11.5 Å². The van der Waals surface area contributed by atoms with Crippen molar-refractivity contribution < 1.29 is 14.8 Å². The van der Waals surface area contributed by atoms with E-state index in [0.717, 1.165) is 24.1 Å². The summed E-state index contributed by atoms with van der Waals surface area (Å²) < 4.78 is 10.6. The van der Waals surface area contributed by atoms with Crippen molar-refractivity contribution in [3.63, 3.8) is 0 Å². The Morgan fingerprint density at radius 3 is 2.17 bits per heavy atom. The summed E-state index contributed by atoms with van der Waals surface area (Å²) >= 11 is 0. The molecule has 0 spiro atoms. The molecule has 1 fully saturated rings. The first-order chi connectivity index (χ1) is 8.81. The third kappa shape index (κ3) is 3.64. The highest BCUT2D eigenvalue weighted by molar-refractivity contribution is 5.37. The van der Waals surface area contributed by atoms with Crippen LogP contribution in [-0.4, -0.2) is 20.3 Å². The Morgan fingerprint density at radius 1 is 1.00 bits per heavy atom. The lowest BCUT2D eigenvalue weighted by Crippen LogP contribution is -2.88. The Bertz CT molecular complexity index is 351. The Balaban J connectivity index is 1.94. The van der Waals surface area contributed by atoms with E-state index in [1.165, 1.54) is 37.7 Å². The zero-order valence-corrected chi connectivity index (χ0v) is 11.4. The molecule has 18 heavy (non-hydrogen) atoms. The summed E-state index contributed by atoms with van der Waals surface area (Å²) in [5.74, 6) is 1.75.